The standard InChI is InChI=1S/C15H19BrN4/c1-3-9-17-15-18-10-13(16)14(20-15)19-12-7-5-11(4-2)6-8-12/h5-8,10H,3-4,9H2,1-2H3,(H2,17,18,19,20). The molecule has 0 bridgehead atoms. The smallest absolute Gasteiger partial charge is 0.224 e. The Morgan fingerprint density at radius 1 is 1.15 bits per heavy atom. The van der Waals surface area contributed by atoms with Gasteiger partial charge in [-0.05, 0) is 46.5 Å². The van der Waals surface area contributed by atoms with Crippen LogP contribution in [0.1, 0.15) is 25.8 Å². The van der Waals surface area contributed by atoms with Crippen LogP contribution in [0.3, 0.4) is 0 Å². The van der Waals surface area contributed by atoms with Crippen molar-refractivity contribution in [2.24, 2.45) is 0 Å². The minimum absolute atomic E-state index is 0.641. The molecule has 1 aromatic heterocycles. The second-order valence-electron chi connectivity index (χ2n) is 4.49. The van der Waals surface area contributed by atoms with E-state index in [9.17, 15) is 0 Å². The molecule has 0 fully saturated rings. The maximum atomic E-state index is 4.47. The van der Waals surface area contributed by atoms with Crippen LogP contribution in [0.4, 0.5) is 17.5 Å². The Labute approximate surface area is 128 Å². The van der Waals surface area contributed by atoms with Gasteiger partial charge >= 0.3 is 0 Å². The van der Waals surface area contributed by atoms with Gasteiger partial charge in [-0.1, -0.05) is 26.0 Å². The van der Waals surface area contributed by atoms with Gasteiger partial charge in [0.15, 0.2) is 0 Å². The zero-order valence-electron chi connectivity index (χ0n) is 11.8. The van der Waals surface area contributed by atoms with E-state index in [4.69, 9.17) is 0 Å². The van der Waals surface area contributed by atoms with Gasteiger partial charge in [0.1, 0.15) is 5.82 Å². The summed E-state index contributed by atoms with van der Waals surface area (Å²) in [6, 6.07) is 8.36. The van der Waals surface area contributed by atoms with E-state index in [0.717, 1.165) is 35.4 Å². The van der Waals surface area contributed by atoms with Gasteiger partial charge < -0.3 is 10.6 Å². The molecule has 1 heterocycles. The lowest BCUT2D eigenvalue weighted by Gasteiger charge is -2.10. The number of halogens is 1. The summed E-state index contributed by atoms with van der Waals surface area (Å²) >= 11 is 3.47. The third-order valence-electron chi connectivity index (χ3n) is 2.90. The van der Waals surface area contributed by atoms with Crippen LogP contribution in [0.2, 0.25) is 0 Å². The first-order valence-electron chi connectivity index (χ1n) is 6.85. The fourth-order valence-corrected chi connectivity index (χ4v) is 2.03. The second-order valence-corrected chi connectivity index (χ2v) is 5.35. The second kappa shape index (κ2) is 7.24. The van der Waals surface area contributed by atoms with Gasteiger partial charge in [0.2, 0.25) is 5.95 Å². The topological polar surface area (TPSA) is 49.8 Å². The van der Waals surface area contributed by atoms with Crippen molar-refractivity contribution in [3.05, 3.63) is 40.5 Å². The quantitative estimate of drug-likeness (QED) is 0.823. The number of nitrogens with zero attached hydrogens (tertiary/aromatic N) is 2. The van der Waals surface area contributed by atoms with Crippen molar-refractivity contribution in [3.8, 4) is 0 Å². The van der Waals surface area contributed by atoms with Gasteiger partial charge in [-0.3, -0.25) is 0 Å². The lowest BCUT2D eigenvalue weighted by molar-refractivity contribution is 0.952. The molecule has 0 saturated carbocycles. The highest BCUT2D eigenvalue weighted by Gasteiger charge is 2.05. The highest BCUT2D eigenvalue weighted by molar-refractivity contribution is 9.10. The lowest BCUT2D eigenvalue weighted by Crippen LogP contribution is -2.06. The summed E-state index contributed by atoms with van der Waals surface area (Å²) in [6.45, 7) is 5.13. The summed E-state index contributed by atoms with van der Waals surface area (Å²) in [5, 5.41) is 6.49. The molecule has 0 saturated heterocycles. The molecule has 0 amide bonds. The van der Waals surface area contributed by atoms with Crippen molar-refractivity contribution in [1.82, 2.24) is 9.97 Å². The first-order valence-corrected chi connectivity index (χ1v) is 7.64. The Morgan fingerprint density at radius 3 is 2.55 bits per heavy atom. The van der Waals surface area contributed by atoms with Crippen LogP contribution in [0, 0.1) is 0 Å². The average molecular weight is 335 g/mol. The molecular weight excluding hydrogens is 316 g/mol. The number of rotatable bonds is 6. The molecule has 0 spiro atoms. The molecule has 106 valence electrons. The molecule has 0 aliphatic carbocycles. The molecule has 2 rings (SSSR count). The number of hydrogen-bond acceptors (Lipinski definition) is 4. The van der Waals surface area contributed by atoms with Gasteiger partial charge in [-0.2, -0.15) is 4.98 Å². The van der Waals surface area contributed by atoms with E-state index < -0.39 is 0 Å². The van der Waals surface area contributed by atoms with Crippen LogP contribution in [0.15, 0.2) is 34.9 Å². The molecule has 20 heavy (non-hydrogen) atoms. The molecule has 0 aliphatic heterocycles. The molecule has 1 aromatic carbocycles. The van der Waals surface area contributed by atoms with Crippen LogP contribution in [0.25, 0.3) is 0 Å². The number of nitrogens with one attached hydrogen (secondary N) is 2. The third kappa shape index (κ3) is 3.93. The number of hydrogen-bond donors (Lipinski definition) is 2. The first-order chi connectivity index (χ1) is 9.72. The Morgan fingerprint density at radius 2 is 1.90 bits per heavy atom. The zero-order valence-corrected chi connectivity index (χ0v) is 13.4. The van der Waals surface area contributed by atoms with Crippen molar-refractivity contribution in [2.45, 2.75) is 26.7 Å². The molecule has 0 radical (unpaired) electrons. The summed E-state index contributed by atoms with van der Waals surface area (Å²) < 4.78 is 0.846. The van der Waals surface area contributed by atoms with E-state index in [-0.39, 0.29) is 0 Å². The molecule has 0 aliphatic rings. The Balaban J connectivity index is 2.14. The zero-order chi connectivity index (χ0) is 14.4. The van der Waals surface area contributed by atoms with Crippen LogP contribution in [-0.4, -0.2) is 16.5 Å². The molecule has 4 nitrogen and oxygen atoms in total. The fraction of sp³-hybridized carbons (Fsp3) is 0.333. The predicted molar refractivity (Wildman–Crippen MR) is 87.6 cm³/mol. The summed E-state index contributed by atoms with van der Waals surface area (Å²) in [7, 11) is 0. The van der Waals surface area contributed by atoms with Crippen molar-refractivity contribution in [2.75, 3.05) is 17.2 Å². The maximum absolute atomic E-state index is 4.47. The van der Waals surface area contributed by atoms with Crippen molar-refractivity contribution in [1.29, 1.82) is 0 Å². The Bertz CT molecular complexity index is 554. The highest BCUT2D eigenvalue weighted by atomic mass is 79.9. The van der Waals surface area contributed by atoms with Crippen molar-refractivity contribution >= 4 is 33.4 Å². The van der Waals surface area contributed by atoms with E-state index in [1.807, 2.05) is 0 Å². The van der Waals surface area contributed by atoms with E-state index in [0.29, 0.717) is 5.95 Å². The predicted octanol–water partition coefficient (Wildman–Crippen LogP) is 4.37. The third-order valence-corrected chi connectivity index (χ3v) is 3.48. The maximum Gasteiger partial charge on any atom is 0.224 e. The van der Waals surface area contributed by atoms with Gasteiger partial charge in [-0.25, -0.2) is 4.98 Å². The first kappa shape index (κ1) is 14.8. The average Bonchev–Trinajstić information content (AvgIpc) is 2.49. The summed E-state index contributed by atoms with van der Waals surface area (Å²) in [5.74, 6) is 1.41. The monoisotopic (exact) mass is 334 g/mol. The summed E-state index contributed by atoms with van der Waals surface area (Å²) in [5.41, 5.74) is 2.34. The van der Waals surface area contributed by atoms with E-state index in [1.165, 1.54) is 5.56 Å². The minimum atomic E-state index is 0.641. The van der Waals surface area contributed by atoms with E-state index >= 15 is 0 Å². The number of aromatic nitrogens is 2. The number of benzene rings is 1. The molecule has 0 unspecified atom stereocenters. The van der Waals surface area contributed by atoms with Crippen molar-refractivity contribution in [3.63, 3.8) is 0 Å². The van der Waals surface area contributed by atoms with Crippen LogP contribution >= 0.6 is 15.9 Å². The minimum Gasteiger partial charge on any atom is -0.354 e. The van der Waals surface area contributed by atoms with Gasteiger partial charge in [-0.15, -0.1) is 0 Å². The van der Waals surface area contributed by atoms with E-state index in [1.54, 1.807) is 6.20 Å². The molecule has 5 heteroatoms. The summed E-state index contributed by atoms with van der Waals surface area (Å²) in [4.78, 5) is 8.70. The summed E-state index contributed by atoms with van der Waals surface area (Å²) in [6.07, 6.45) is 3.84. The lowest BCUT2D eigenvalue weighted by atomic mass is 10.1. The van der Waals surface area contributed by atoms with Gasteiger partial charge in [0.05, 0.1) is 4.47 Å². The largest absolute Gasteiger partial charge is 0.354 e. The molecule has 2 aromatic rings. The number of anilines is 3. The van der Waals surface area contributed by atoms with Crippen molar-refractivity contribution < 1.29 is 0 Å². The van der Waals surface area contributed by atoms with Crippen LogP contribution in [-0.2, 0) is 6.42 Å². The molecular formula is C15H19BrN4. The van der Waals surface area contributed by atoms with Gasteiger partial charge in [0.25, 0.3) is 0 Å². The Kier molecular flexibility index (Phi) is 5.35. The van der Waals surface area contributed by atoms with Gasteiger partial charge in [0, 0.05) is 18.4 Å². The molecule has 0 atom stereocenters. The SMILES string of the molecule is CCCNc1ncc(Br)c(Nc2ccc(CC)cc2)n1. The van der Waals surface area contributed by atoms with Crippen LogP contribution in [0.5, 0.6) is 0 Å². The molecule has 2 N–H and O–H groups in total. The highest BCUT2D eigenvalue weighted by Crippen LogP contribution is 2.24. The number of aryl methyl sites for hydroxylation is 1. The normalized spacial score (nSPS) is 10.3. The Hall–Kier alpha value is -1.62. The van der Waals surface area contributed by atoms with E-state index in [2.05, 4.69) is 74.6 Å². The fourth-order valence-electron chi connectivity index (χ4n) is 1.74. The van der Waals surface area contributed by atoms with Crippen LogP contribution < -0.4 is 10.6 Å².